The Hall–Kier alpha value is -6.90. The maximum absolute atomic E-state index is 6.74. The molecule has 0 bridgehead atoms. The van der Waals surface area contributed by atoms with Gasteiger partial charge in [-0.15, -0.1) is 0 Å². The third-order valence-corrected chi connectivity index (χ3v) is 19.9. The predicted molar refractivity (Wildman–Crippen MR) is 280 cm³/mol. The van der Waals surface area contributed by atoms with Crippen LogP contribution in [0.15, 0.2) is 218 Å². The number of rotatable bonds is 5. The number of fused-ring (bicyclic) bond motifs is 13. The van der Waals surface area contributed by atoms with E-state index in [2.05, 4.69) is 237 Å². The summed E-state index contributed by atoms with van der Waals surface area (Å²) < 4.78 is 2.50. The van der Waals surface area contributed by atoms with Crippen molar-refractivity contribution in [2.45, 2.75) is 37.0 Å². The van der Waals surface area contributed by atoms with Crippen LogP contribution in [0, 0.1) is 0 Å². The first-order valence-corrected chi connectivity index (χ1v) is 25.5. The lowest BCUT2D eigenvalue weighted by Gasteiger charge is -2.47. The molecule has 10 aromatic rings. The quantitative estimate of drug-likeness (QED) is 0.127. The van der Waals surface area contributed by atoms with Gasteiger partial charge >= 0.3 is 0 Å². The molecule has 0 radical (unpaired) electrons. The third-order valence-electron chi connectivity index (χ3n) is 14.9. The molecule has 2 aliphatic carbocycles. The number of imidazole rings is 1. The summed E-state index contributed by atoms with van der Waals surface area (Å²) in [5.74, 6) is 1.25. The summed E-state index contributed by atoms with van der Waals surface area (Å²) >= 11 is 6.74. The lowest BCUT2D eigenvalue weighted by atomic mass is 9.59. The van der Waals surface area contributed by atoms with Crippen LogP contribution >= 0.6 is 6.04 Å². The van der Waals surface area contributed by atoms with Gasteiger partial charge in [-0.3, -0.25) is 4.57 Å². The molecule has 1 aromatic heterocycles. The molecule has 0 saturated heterocycles. The highest BCUT2D eigenvalue weighted by Crippen LogP contribution is 2.58. The fourth-order valence-electron chi connectivity index (χ4n) is 11.6. The molecular formula is C61H45N2PS. The zero-order chi connectivity index (χ0) is 43.5. The van der Waals surface area contributed by atoms with Crippen LogP contribution in [0.1, 0.15) is 48.7 Å². The Morgan fingerprint density at radius 3 is 2.06 bits per heavy atom. The monoisotopic (exact) mass is 868 g/mol. The molecule has 2 nitrogen and oxygen atoms in total. The fraction of sp³-hybridized carbons (Fsp3) is 0.0984. The molecule has 0 amide bonds. The fourth-order valence-corrected chi connectivity index (χ4v) is 15.4. The normalized spacial score (nSPS) is 19.9. The zero-order valence-corrected chi connectivity index (χ0v) is 38.0. The summed E-state index contributed by atoms with van der Waals surface area (Å²) in [7, 11) is 0. The van der Waals surface area contributed by atoms with Crippen molar-refractivity contribution >= 4 is 88.9 Å². The minimum Gasteiger partial charge on any atom is -0.296 e. The van der Waals surface area contributed by atoms with E-state index in [1.165, 1.54) is 87.3 Å². The second kappa shape index (κ2) is 14.3. The summed E-state index contributed by atoms with van der Waals surface area (Å²) in [6.45, 7) is 4.85. The number of benzene rings is 9. The first-order valence-electron chi connectivity index (χ1n) is 22.7. The van der Waals surface area contributed by atoms with Gasteiger partial charge in [0, 0.05) is 23.1 Å². The average molecular weight is 869 g/mol. The van der Waals surface area contributed by atoms with Crippen LogP contribution in [-0.2, 0) is 22.6 Å². The molecular weight excluding hydrogens is 824 g/mol. The summed E-state index contributed by atoms with van der Waals surface area (Å²) in [6, 6.07) is 69.1. The minimum atomic E-state index is -2.27. The molecule has 0 spiro atoms. The molecule has 13 rings (SSSR count). The van der Waals surface area contributed by atoms with Crippen molar-refractivity contribution in [3.63, 3.8) is 0 Å². The van der Waals surface area contributed by atoms with Crippen LogP contribution in [0.3, 0.4) is 0 Å². The lowest BCUT2D eigenvalue weighted by molar-refractivity contribution is 0.424. The minimum absolute atomic E-state index is 0.148. The van der Waals surface area contributed by atoms with Crippen molar-refractivity contribution in [3.8, 4) is 11.1 Å². The van der Waals surface area contributed by atoms with E-state index in [9.17, 15) is 0 Å². The van der Waals surface area contributed by atoms with Crippen molar-refractivity contribution in [1.82, 2.24) is 9.55 Å². The van der Waals surface area contributed by atoms with Gasteiger partial charge in [0.05, 0.1) is 16.4 Å². The van der Waals surface area contributed by atoms with Gasteiger partial charge < -0.3 is 0 Å². The third kappa shape index (κ3) is 5.72. The molecule has 3 atom stereocenters. The number of hydrogen-bond donors (Lipinski definition) is 0. The second-order valence-electron chi connectivity index (χ2n) is 18.7. The molecule has 65 heavy (non-hydrogen) atoms. The molecule has 2 heterocycles. The average Bonchev–Trinajstić information content (AvgIpc) is 3.76. The van der Waals surface area contributed by atoms with Crippen molar-refractivity contribution in [2.75, 3.05) is 0 Å². The van der Waals surface area contributed by atoms with Crippen molar-refractivity contribution in [3.05, 3.63) is 240 Å². The van der Waals surface area contributed by atoms with Crippen molar-refractivity contribution in [2.24, 2.45) is 0 Å². The van der Waals surface area contributed by atoms with Crippen LogP contribution in [0.25, 0.3) is 66.3 Å². The Morgan fingerprint density at radius 2 is 1.26 bits per heavy atom. The van der Waals surface area contributed by atoms with Gasteiger partial charge in [-0.1, -0.05) is 213 Å². The van der Waals surface area contributed by atoms with E-state index in [0.717, 1.165) is 23.3 Å². The van der Waals surface area contributed by atoms with E-state index in [0.29, 0.717) is 0 Å². The second-order valence-corrected chi connectivity index (χ2v) is 23.1. The lowest BCUT2D eigenvalue weighted by Crippen LogP contribution is -2.41. The van der Waals surface area contributed by atoms with Crippen LogP contribution in [-0.4, -0.2) is 9.55 Å². The molecule has 3 aliphatic rings. The Kier molecular flexibility index (Phi) is 8.48. The molecule has 1 aliphatic heterocycles. The Morgan fingerprint density at radius 1 is 0.569 bits per heavy atom. The molecule has 4 heteroatoms. The van der Waals surface area contributed by atoms with E-state index in [1.807, 2.05) is 0 Å². The summed E-state index contributed by atoms with van der Waals surface area (Å²) in [6.07, 6.45) is 10.6. The van der Waals surface area contributed by atoms with E-state index in [-0.39, 0.29) is 16.7 Å². The summed E-state index contributed by atoms with van der Waals surface area (Å²) in [5, 5.41) is 11.2. The number of nitrogens with zero attached hydrogens (tertiary/aromatic N) is 2. The predicted octanol–water partition coefficient (Wildman–Crippen LogP) is 14.1. The topological polar surface area (TPSA) is 17.8 Å². The van der Waals surface area contributed by atoms with Gasteiger partial charge in [0.15, 0.2) is 0 Å². The first-order chi connectivity index (χ1) is 31.8. The molecule has 3 unspecified atom stereocenters. The largest absolute Gasteiger partial charge is 0.296 e. The first kappa shape index (κ1) is 38.5. The SMILES string of the molecule is CC1(c2ccc3c(ccc4cc(P(=S)(c5ccccc5)c5ccccc5)ccc43)c2)C=CC2=C(C1)C1c3ccccc3C=CC1(C)c1nc3ccc(-c4cccc5ccccc45)cc3n12. The maximum atomic E-state index is 6.74. The standard InChI is InChI=1S/C61H45N2PS/c1-60(45-27-29-51-42(36-45)24-25-43-37-48(28-30-52(43)51)64(65,46-17-5-3-6-18-46)47-19-7-4-8-20-47)34-33-56-54(39-60)58-53-22-12-10-15-41(53)32-35-61(58,2)59-62-55-31-26-44(38-57(55)63(56)59)50-23-13-16-40-14-9-11-21-49(40)50/h3-38,58H,39H2,1-2H3. The Bertz CT molecular complexity index is 3720. The van der Waals surface area contributed by atoms with Gasteiger partial charge in [-0.05, 0) is 119 Å². The Labute approximate surface area is 384 Å². The van der Waals surface area contributed by atoms with Gasteiger partial charge in [0.25, 0.3) is 0 Å². The van der Waals surface area contributed by atoms with Gasteiger partial charge in [-0.2, -0.15) is 0 Å². The van der Waals surface area contributed by atoms with E-state index < -0.39 is 6.04 Å². The molecule has 310 valence electrons. The zero-order valence-electron chi connectivity index (χ0n) is 36.3. The number of allylic oxidation sites excluding steroid dienone is 5. The maximum Gasteiger partial charge on any atom is 0.125 e. The molecule has 0 saturated carbocycles. The summed E-state index contributed by atoms with van der Waals surface area (Å²) in [4.78, 5) is 5.51. The van der Waals surface area contributed by atoms with Crippen LogP contribution in [0.4, 0.5) is 0 Å². The highest BCUT2D eigenvalue weighted by Gasteiger charge is 2.50. The highest BCUT2D eigenvalue weighted by molar-refractivity contribution is 8.25. The van der Waals surface area contributed by atoms with Gasteiger partial charge in [0.1, 0.15) is 5.82 Å². The smallest absolute Gasteiger partial charge is 0.125 e. The van der Waals surface area contributed by atoms with Crippen molar-refractivity contribution < 1.29 is 0 Å². The van der Waals surface area contributed by atoms with Crippen LogP contribution in [0.5, 0.6) is 0 Å². The van der Waals surface area contributed by atoms with Gasteiger partial charge in [0.2, 0.25) is 0 Å². The van der Waals surface area contributed by atoms with Gasteiger partial charge in [-0.25, -0.2) is 4.98 Å². The molecule has 9 aromatic carbocycles. The van der Waals surface area contributed by atoms with E-state index in [4.69, 9.17) is 16.8 Å². The van der Waals surface area contributed by atoms with E-state index >= 15 is 0 Å². The highest BCUT2D eigenvalue weighted by atomic mass is 32.4. The summed E-state index contributed by atoms with van der Waals surface area (Å²) in [5.41, 5.74) is 10.8. The van der Waals surface area contributed by atoms with Crippen molar-refractivity contribution in [1.29, 1.82) is 0 Å². The van der Waals surface area contributed by atoms with Crippen LogP contribution < -0.4 is 15.9 Å². The molecule has 0 fully saturated rings. The number of aromatic nitrogens is 2. The molecule has 0 N–H and O–H groups in total. The number of hydrogen-bond acceptors (Lipinski definition) is 2. The van der Waals surface area contributed by atoms with Crippen LogP contribution in [0.2, 0.25) is 0 Å². The Balaban J connectivity index is 0.929. The van der Waals surface area contributed by atoms with E-state index in [1.54, 1.807) is 0 Å².